The van der Waals surface area contributed by atoms with Crippen LogP contribution in [-0.4, -0.2) is 95.7 Å². The molecule has 1 aliphatic heterocycles. The molecule has 1 aliphatic carbocycles. The maximum Gasteiger partial charge on any atom is 0.410 e. The number of halogens is 7. The Bertz CT molecular complexity index is 1830. The lowest BCUT2D eigenvalue weighted by Crippen LogP contribution is -2.50. The summed E-state index contributed by atoms with van der Waals surface area (Å²) in [4.78, 5) is 34.0. The first kappa shape index (κ1) is 41.5. The zero-order valence-corrected chi connectivity index (χ0v) is 30.9. The number of ether oxygens (including phenoxy) is 3. The van der Waals surface area contributed by atoms with Crippen molar-refractivity contribution in [3.8, 4) is 5.75 Å². The Labute approximate surface area is 322 Å². The van der Waals surface area contributed by atoms with E-state index in [0.717, 1.165) is 22.6 Å². The summed E-state index contributed by atoms with van der Waals surface area (Å²) in [7, 11) is 0. The summed E-state index contributed by atoms with van der Waals surface area (Å²) in [5.74, 6) is -6.42. The Hall–Kier alpha value is -3.67. The minimum absolute atomic E-state index is 0.00396. The molecule has 5 rings (SSSR count). The van der Waals surface area contributed by atoms with E-state index in [0.29, 0.717) is 31.2 Å². The van der Waals surface area contributed by atoms with Crippen molar-refractivity contribution in [2.75, 3.05) is 46.1 Å². The van der Waals surface area contributed by atoms with Crippen LogP contribution in [0.3, 0.4) is 0 Å². The third kappa shape index (κ3) is 10.8. The van der Waals surface area contributed by atoms with Crippen molar-refractivity contribution < 1.29 is 56.6 Å². The van der Waals surface area contributed by atoms with Gasteiger partial charge >= 0.3 is 6.09 Å². The Morgan fingerprint density at radius 1 is 0.889 bits per heavy atom. The zero-order chi connectivity index (χ0) is 39.0. The Balaban J connectivity index is 1.35. The van der Waals surface area contributed by atoms with Gasteiger partial charge in [0, 0.05) is 23.7 Å². The molecule has 18 heteroatoms. The molecule has 2 aliphatic rings. The molecule has 54 heavy (non-hydrogen) atoms. The van der Waals surface area contributed by atoms with Crippen molar-refractivity contribution in [3.63, 3.8) is 0 Å². The second-order valence-electron chi connectivity index (χ2n) is 12.4. The molecule has 11 nitrogen and oxygen atoms in total. The number of aryl methyl sites for hydroxylation is 1. The predicted molar refractivity (Wildman–Crippen MR) is 189 cm³/mol. The van der Waals surface area contributed by atoms with E-state index in [1.807, 2.05) is 0 Å². The van der Waals surface area contributed by atoms with Crippen LogP contribution in [0.15, 0.2) is 60.2 Å². The molecule has 0 bridgehead atoms. The fourth-order valence-electron chi connectivity index (χ4n) is 5.82. The van der Waals surface area contributed by atoms with Gasteiger partial charge in [-0.1, -0.05) is 71.2 Å². The second-order valence-corrected chi connectivity index (χ2v) is 13.6. The summed E-state index contributed by atoms with van der Waals surface area (Å²) in [5.41, 5.74) is 0.490. The Morgan fingerprint density at radius 3 is 2.30 bits per heavy atom. The van der Waals surface area contributed by atoms with Crippen molar-refractivity contribution in [2.45, 2.75) is 44.2 Å². The fourth-order valence-corrected chi connectivity index (χ4v) is 6.41. The van der Waals surface area contributed by atoms with Crippen molar-refractivity contribution in [2.24, 2.45) is 0 Å². The van der Waals surface area contributed by atoms with Crippen molar-refractivity contribution in [1.29, 1.82) is 0 Å². The van der Waals surface area contributed by atoms with E-state index in [1.54, 1.807) is 30.3 Å². The third-order valence-corrected chi connectivity index (χ3v) is 9.74. The summed E-state index contributed by atoms with van der Waals surface area (Å²) >= 11 is 18.5. The van der Waals surface area contributed by atoms with E-state index in [1.165, 1.54) is 17.0 Å². The molecule has 1 heterocycles. The van der Waals surface area contributed by atoms with E-state index < -0.39 is 64.4 Å². The monoisotopic (exact) mass is 819 g/mol. The molecule has 0 aromatic heterocycles. The molecule has 1 fully saturated rings. The number of rotatable bonds is 17. The standard InChI is InChI=1S/C36H36Cl3F4N3O8/c37-27-5-1-4-24(31(27)38)19-45(25-10-11-25)34(47)26-20-44(35(48)53-17-15-51-16-18-54-46(49)50)21-36(42,43)30(26)23-8-6-22(7-9-23)3-2-14-52-33-29(41)13-12-28(40)32(33)39/h1,4-9,12-13,25,49-50H,2-3,10-11,14-21H2. The first-order valence-electron chi connectivity index (χ1n) is 16.8. The molecule has 2 amide bonds. The lowest BCUT2D eigenvalue weighted by molar-refractivity contribution is -0.493. The molecule has 0 unspecified atom stereocenters. The van der Waals surface area contributed by atoms with Gasteiger partial charge in [-0.2, -0.15) is 8.78 Å². The normalized spacial score (nSPS) is 15.5. The summed E-state index contributed by atoms with van der Waals surface area (Å²) in [6.07, 6.45) is 0.944. The van der Waals surface area contributed by atoms with Gasteiger partial charge in [0.1, 0.15) is 17.4 Å². The van der Waals surface area contributed by atoms with Gasteiger partial charge < -0.3 is 19.1 Å². The van der Waals surface area contributed by atoms with Gasteiger partial charge in [-0.25, -0.2) is 18.4 Å². The molecule has 2 N–H and O–H groups in total. The SMILES string of the molecule is O=C(OCCOCCON(O)O)N1CC(C(=O)N(Cc2cccc(Cl)c2Cl)C2CC2)=C(c2ccc(CCCOc3c(F)ccc(F)c3Cl)cc2)C(F)(F)C1. The average Bonchev–Trinajstić information content (AvgIpc) is 3.98. The van der Waals surface area contributed by atoms with E-state index >= 15 is 8.78 Å². The highest BCUT2D eigenvalue weighted by molar-refractivity contribution is 6.42. The Morgan fingerprint density at radius 2 is 1.59 bits per heavy atom. The molecule has 3 aromatic rings. The summed E-state index contributed by atoms with van der Waals surface area (Å²) in [6, 6.07) is 12.7. The fraction of sp³-hybridized carbons (Fsp3) is 0.389. The largest absolute Gasteiger partial charge is 0.489 e. The van der Waals surface area contributed by atoms with E-state index in [-0.39, 0.29) is 66.8 Å². The molecule has 0 atom stereocenters. The molecule has 1 saturated carbocycles. The van der Waals surface area contributed by atoms with Crippen molar-refractivity contribution >= 4 is 52.4 Å². The van der Waals surface area contributed by atoms with Gasteiger partial charge in [0.15, 0.2) is 11.6 Å². The highest BCUT2D eigenvalue weighted by Crippen LogP contribution is 2.42. The number of carbonyl (C=O) groups is 2. The van der Waals surface area contributed by atoms with Crippen LogP contribution < -0.4 is 4.74 Å². The number of hydrogen-bond acceptors (Lipinski definition) is 9. The zero-order valence-electron chi connectivity index (χ0n) is 28.6. The van der Waals surface area contributed by atoms with Gasteiger partial charge in [-0.3, -0.25) is 20.1 Å². The summed E-state index contributed by atoms with van der Waals surface area (Å²) in [5, 5.41) is 16.6. The van der Waals surface area contributed by atoms with Gasteiger partial charge in [-0.15, -0.1) is 0 Å². The lowest BCUT2D eigenvalue weighted by atomic mass is 9.89. The molecule has 3 aromatic carbocycles. The van der Waals surface area contributed by atoms with Crippen LogP contribution in [0.25, 0.3) is 5.57 Å². The van der Waals surface area contributed by atoms with Crippen molar-refractivity contribution in [3.05, 3.63) is 104 Å². The summed E-state index contributed by atoms with van der Waals surface area (Å²) in [6.45, 7) is -2.34. The van der Waals surface area contributed by atoms with Gasteiger partial charge in [0.2, 0.25) is 0 Å². The third-order valence-electron chi connectivity index (χ3n) is 8.53. The minimum Gasteiger partial charge on any atom is -0.489 e. The number of hydrogen-bond donors (Lipinski definition) is 2. The summed E-state index contributed by atoms with van der Waals surface area (Å²) < 4.78 is 76.1. The van der Waals surface area contributed by atoms with Gasteiger partial charge in [0.05, 0.1) is 55.0 Å². The van der Waals surface area contributed by atoms with E-state index in [9.17, 15) is 18.4 Å². The highest BCUT2D eigenvalue weighted by atomic mass is 35.5. The van der Waals surface area contributed by atoms with Crippen LogP contribution in [0.4, 0.5) is 22.4 Å². The number of amides is 2. The van der Waals surface area contributed by atoms with Crippen LogP contribution >= 0.6 is 34.8 Å². The maximum atomic E-state index is 16.3. The topological polar surface area (TPSA) is 121 Å². The molecule has 0 saturated heterocycles. The number of alkyl halides is 2. The van der Waals surface area contributed by atoms with Crippen LogP contribution in [0.2, 0.25) is 15.1 Å². The average molecular weight is 821 g/mol. The quantitative estimate of drug-likeness (QED) is 0.0604. The molecular formula is C36H36Cl3F4N3O8. The van der Waals surface area contributed by atoms with Crippen LogP contribution in [0.1, 0.15) is 36.0 Å². The van der Waals surface area contributed by atoms with E-state index in [2.05, 4.69) is 4.84 Å². The Kier molecular flexibility index (Phi) is 14.4. The van der Waals surface area contributed by atoms with Gasteiger partial charge in [-0.05, 0) is 60.6 Å². The smallest absolute Gasteiger partial charge is 0.410 e. The van der Waals surface area contributed by atoms with Crippen LogP contribution in [0, 0.1) is 11.6 Å². The minimum atomic E-state index is -3.69. The van der Waals surface area contributed by atoms with Crippen LogP contribution in [0.5, 0.6) is 5.75 Å². The number of benzene rings is 3. The first-order chi connectivity index (χ1) is 25.8. The molecule has 292 valence electrons. The maximum absolute atomic E-state index is 16.3. The molecular weight excluding hydrogens is 785 g/mol. The number of nitrogens with zero attached hydrogens (tertiary/aromatic N) is 3. The second kappa shape index (κ2) is 18.8. The molecule has 0 spiro atoms. The van der Waals surface area contributed by atoms with Gasteiger partial charge in [0.25, 0.3) is 11.8 Å². The highest BCUT2D eigenvalue weighted by Gasteiger charge is 2.48. The first-order valence-corrected chi connectivity index (χ1v) is 17.9. The van der Waals surface area contributed by atoms with Crippen LogP contribution in [-0.2, 0) is 32.1 Å². The predicted octanol–water partition coefficient (Wildman–Crippen LogP) is 8.00. The van der Waals surface area contributed by atoms with E-state index in [4.69, 9.17) is 59.4 Å². The molecule has 0 radical (unpaired) electrons. The lowest BCUT2D eigenvalue weighted by Gasteiger charge is -2.37. The van der Waals surface area contributed by atoms with Crippen molar-refractivity contribution in [1.82, 2.24) is 15.2 Å². The number of carbonyl (C=O) groups excluding carboxylic acids is 2.